The number of aryl methyl sites for hydroxylation is 1. The summed E-state index contributed by atoms with van der Waals surface area (Å²) in [4.78, 5) is 4.12. The van der Waals surface area contributed by atoms with Crippen LogP contribution >= 0.6 is 0 Å². The molecule has 0 atom stereocenters. The molecular formula is C16H16N2O. The maximum absolute atomic E-state index is 9.04. The van der Waals surface area contributed by atoms with Crippen LogP contribution in [0, 0.1) is 18.3 Å². The van der Waals surface area contributed by atoms with E-state index in [1.807, 2.05) is 19.1 Å². The number of ether oxygens (including phenoxy) is 1. The first-order chi connectivity index (χ1) is 9.11. The highest BCUT2D eigenvalue weighted by Gasteiger charge is 2.09. The number of rotatable bonds is 3. The molecule has 2 rings (SSSR count). The Bertz CT molecular complexity index is 627. The van der Waals surface area contributed by atoms with Crippen molar-refractivity contribution in [3.05, 3.63) is 53.2 Å². The number of nitrogens with zero attached hydrogens (tertiary/aromatic N) is 2. The van der Waals surface area contributed by atoms with Crippen LogP contribution in [-0.2, 0) is 0 Å². The van der Waals surface area contributed by atoms with E-state index in [0.717, 1.165) is 11.3 Å². The molecule has 0 bridgehead atoms. The summed E-state index contributed by atoms with van der Waals surface area (Å²) in [5.41, 5.74) is 2.67. The van der Waals surface area contributed by atoms with Gasteiger partial charge >= 0.3 is 0 Å². The number of nitriles is 1. The number of benzene rings is 1. The third-order valence-electron chi connectivity index (χ3n) is 2.98. The minimum absolute atomic E-state index is 0.356. The van der Waals surface area contributed by atoms with Crippen molar-refractivity contribution in [1.29, 1.82) is 5.26 Å². The van der Waals surface area contributed by atoms with Gasteiger partial charge in [0.05, 0.1) is 0 Å². The first kappa shape index (κ1) is 13.1. The van der Waals surface area contributed by atoms with Crippen molar-refractivity contribution in [2.45, 2.75) is 26.7 Å². The van der Waals surface area contributed by atoms with Crippen LogP contribution in [0.4, 0.5) is 0 Å². The molecule has 0 radical (unpaired) electrons. The average molecular weight is 252 g/mol. The van der Waals surface area contributed by atoms with Gasteiger partial charge in [-0.25, -0.2) is 4.98 Å². The van der Waals surface area contributed by atoms with Crippen LogP contribution in [0.3, 0.4) is 0 Å². The van der Waals surface area contributed by atoms with Gasteiger partial charge in [-0.2, -0.15) is 5.26 Å². The van der Waals surface area contributed by atoms with Gasteiger partial charge in [0.25, 0.3) is 0 Å². The van der Waals surface area contributed by atoms with Crippen LogP contribution in [0.2, 0.25) is 0 Å². The Kier molecular flexibility index (Phi) is 3.82. The van der Waals surface area contributed by atoms with Gasteiger partial charge < -0.3 is 4.74 Å². The Labute approximate surface area is 113 Å². The molecule has 3 nitrogen and oxygen atoms in total. The third-order valence-corrected chi connectivity index (χ3v) is 2.98. The second-order valence-electron chi connectivity index (χ2n) is 4.75. The maximum atomic E-state index is 9.04. The fourth-order valence-corrected chi connectivity index (χ4v) is 1.75. The van der Waals surface area contributed by atoms with E-state index in [1.54, 1.807) is 18.3 Å². The minimum Gasteiger partial charge on any atom is -0.437 e. The Morgan fingerprint density at radius 2 is 2.05 bits per heavy atom. The van der Waals surface area contributed by atoms with Crippen LogP contribution < -0.4 is 4.74 Å². The molecule has 96 valence electrons. The molecule has 0 N–H and O–H groups in total. The molecule has 0 amide bonds. The van der Waals surface area contributed by atoms with Gasteiger partial charge in [-0.1, -0.05) is 26.0 Å². The SMILES string of the molecule is Cc1ccc(C(C)C)cc1Oc1ncccc1C#N. The molecule has 0 spiro atoms. The zero-order valence-corrected chi connectivity index (χ0v) is 11.3. The highest BCUT2D eigenvalue weighted by Crippen LogP contribution is 2.29. The zero-order chi connectivity index (χ0) is 13.8. The number of hydrogen-bond donors (Lipinski definition) is 0. The van der Waals surface area contributed by atoms with Gasteiger partial charge in [0, 0.05) is 6.20 Å². The lowest BCUT2D eigenvalue weighted by Crippen LogP contribution is -1.95. The Hall–Kier alpha value is -2.34. The van der Waals surface area contributed by atoms with Crippen molar-refractivity contribution >= 4 is 0 Å². The fraction of sp³-hybridized carbons (Fsp3) is 0.250. The van der Waals surface area contributed by atoms with Crippen molar-refractivity contribution in [3.8, 4) is 17.7 Å². The summed E-state index contributed by atoms with van der Waals surface area (Å²) >= 11 is 0. The zero-order valence-electron chi connectivity index (χ0n) is 11.3. The van der Waals surface area contributed by atoms with Crippen molar-refractivity contribution in [2.24, 2.45) is 0 Å². The van der Waals surface area contributed by atoms with Gasteiger partial charge in [0.2, 0.25) is 5.88 Å². The largest absolute Gasteiger partial charge is 0.437 e. The van der Waals surface area contributed by atoms with Crippen molar-refractivity contribution in [1.82, 2.24) is 4.98 Å². The average Bonchev–Trinajstić information content (AvgIpc) is 2.41. The Morgan fingerprint density at radius 3 is 2.74 bits per heavy atom. The molecule has 0 aliphatic carbocycles. The minimum atomic E-state index is 0.356. The van der Waals surface area contributed by atoms with Gasteiger partial charge in [-0.3, -0.25) is 0 Å². The topological polar surface area (TPSA) is 45.9 Å². The molecular weight excluding hydrogens is 236 g/mol. The maximum Gasteiger partial charge on any atom is 0.237 e. The summed E-state index contributed by atoms with van der Waals surface area (Å²) in [7, 11) is 0. The van der Waals surface area contributed by atoms with Gasteiger partial charge in [-0.15, -0.1) is 0 Å². The van der Waals surface area contributed by atoms with E-state index in [-0.39, 0.29) is 0 Å². The number of hydrogen-bond acceptors (Lipinski definition) is 3. The van der Waals surface area contributed by atoms with Crippen LogP contribution in [0.5, 0.6) is 11.6 Å². The van der Waals surface area contributed by atoms with Crippen LogP contribution in [0.1, 0.15) is 36.5 Å². The van der Waals surface area contributed by atoms with Gasteiger partial charge in [0.15, 0.2) is 0 Å². The lowest BCUT2D eigenvalue weighted by Gasteiger charge is -2.12. The summed E-state index contributed by atoms with van der Waals surface area (Å²) in [6.45, 7) is 6.25. The van der Waals surface area contributed by atoms with Crippen molar-refractivity contribution < 1.29 is 4.74 Å². The smallest absolute Gasteiger partial charge is 0.237 e. The highest BCUT2D eigenvalue weighted by atomic mass is 16.5. The van der Waals surface area contributed by atoms with E-state index < -0.39 is 0 Å². The van der Waals surface area contributed by atoms with E-state index in [9.17, 15) is 0 Å². The summed E-state index contributed by atoms with van der Waals surface area (Å²) in [6.07, 6.45) is 1.62. The summed E-state index contributed by atoms with van der Waals surface area (Å²) < 4.78 is 5.79. The predicted molar refractivity (Wildman–Crippen MR) is 74.3 cm³/mol. The molecule has 0 aliphatic heterocycles. The predicted octanol–water partition coefficient (Wildman–Crippen LogP) is 4.18. The van der Waals surface area contributed by atoms with Gasteiger partial charge in [0.1, 0.15) is 17.4 Å². The summed E-state index contributed by atoms with van der Waals surface area (Å²) in [5.74, 6) is 1.54. The van der Waals surface area contributed by atoms with Crippen LogP contribution in [0.25, 0.3) is 0 Å². The monoisotopic (exact) mass is 252 g/mol. The molecule has 1 aromatic carbocycles. The molecule has 0 unspecified atom stereocenters. The summed E-state index contributed by atoms with van der Waals surface area (Å²) in [5, 5.41) is 9.04. The lowest BCUT2D eigenvalue weighted by molar-refractivity contribution is 0.457. The lowest BCUT2D eigenvalue weighted by atomic mass is 10.0. The highest BCUT2D eigenvalue weighted by molar-refractivity contribution is 5.44. The van der Waals surface area contributed by atoms with Crippen molar-refractivity contribution in [3.63, 3.8) is 0 Å². The molecule has 19 heavy (non-hydrogen) atoms. The number of pyridine rings is 1. The normalized spacial score (nSPS) is 10.3. The second-order valence-corrected chi connectivity index (χ2v) is 4.75. The molecule has 3 heteroatoms. The molecule has 1 aromatic heterocycles. The molecule has 1 heterocycles. The molecule has 2 aromatic rings. The van der Waals surface area contributed by atoms with E-state index in [2.05, 4.69) is 31.0 Å². The van der Waals surface area contributed by atoms with E-state index >= 15 is 0 Å². The second kappa shape index (κ2) is 5.53. The summed E-state index contributed by atoms with van der Waals surface area (Å²) in [6, 6.07) is 11.6. The first-order valence-corrected chi connectivity index (χ1v) is 6.25. The van der Waals surface area contributed by atoms with Crippen LogP contribution in [-0.4, -0.2) is 4.98 Å². The standard InChI is InChI=1S/C16H16N2O/c1-11(2)13-7-6-12(3)15(9-13)19-16-14(10-17)5-4-8-18-16/h4-9,11H,1-3H3. The van der Waals surface area contributed by atoms with E-state index in [0.29, 0.717) is 17.4 Å². The molecule has 0 aliphatic rings. The molecule has 0 fully saturated rings. The van der Waals surface area contributed by atoms with E-state index in [1.165, 1.54) is 5.56 Å². The van der Waals surface area contributed by atoms with Crippen molar-refractivity contribution in [2.75, 3.05) is 0 Å². The van der Waals surface area contributed by atoms with Gasteiger partial charge in [-0.05, 0) is 42.2 Å². The Morgan fingerprint density at radius 1 is 1.26 bits per heavy atom. The quantitative estimate of drug-likeness (QED) is 0.823. The third kappa shape index (κ3) is 2.92. The first-order valence-electron chi connectivity index (χ1n) is 6.25. The van der Waals surface area contributed by atoms with E-state index in [4.69, 9.17) is 10.00 Å². The van der Waals surface area contributed by atoms with Crippen LogP contribution in [0.15, 0.2) is 36.5 Å². The number of aromatic nitrogens is 1. The Balaban J connectivity index is 2.38. The molecule has 0 saturated carbocycles. The fourth-order valence-electron chi connectivity index (χ4n) is 1.75. The molecule has 0 saturated heterocycles.